The Kier molecular flexibility index (Phi) is 5.88. The molecule has 1 aromatic heterocycles. The number of hydrogen-bond acceptors (Lipinski definition) is 6. The van der Waals surface area contributed by atoms with E-state index in [1.807, 2.05) is 31.2 Å². The molecular formula is C19H25N5O2. The van der Waals surface area contributed by atoms with Crippen molar-refractivity contribution >= 4 is 18.0 Å². The number of aromatic nitrogens is 2. The molecule has 0 bridgehead atoms. The van der Waals surface area contributed by atoms with Gasteiger partial charge in [0.15, 0.2) is 0 Å². The van der Waals surface area contributed by atoms with Crippen molar-refractivity contribution < 1.29 is 9.53 Å². The van der Waals surface area contributed by atoms with Gasteiger partial charge in [0, 0.05) is 38.8 Å². The number of methoxy groups -OCH3 is 1. The third-order valence-electron chi connectivity index (χ3n) is 4.50. The van der Waals surface area contributed by atoms with Gasteiger partial charge in [0.05, 0.1) is 7.11 Å². The van der Waals surface area contributed by atoms with Crippen molar-refractivity contribution in [2.75, 3.05) is 50.1 Å². The lowest BCUT2D eigenvalue weighted by molar-refractivity contribution is -0.118. The van der Waals surface area contributed by atoms with Crippen LogP contribution in [-0.4, -0.2) is 61.1 Å². The first-order valence-electron chi connectivity index (χ1n) is 8.85. The summed E-state index contributed by atoms with van der Waals surface area (Å²) in [6.45, 7) is 5.68. The fourth-order valence-corrected chi connectivity index (χ4v) is 3.10. The highest BCUT2D eigenvalue weighted by molar-refractivity contribution is 5.52. The fraction of sp³-hybridized carbons (Fsp3) is 0.421. The third-order valence-corrected chi connectivity index (χ3v) is 4.50. The van der Waals surface area contributed by atoms with Gasteiger partial charge in [-0.15, -0.1) is 0 Å². The molecular weight excluding hydrogens is 330 g/mol. The molecule has 1 aliphatic heterocycles. The Bertz CT molecular complexity index is 744. The van der Waals surface area contributed by atoms with Gasteiger partial charge in [-0.25, -0.2) is 9.97 Å². The summed E-state index contributed by atoms with van der Waals surface area (Å²) in [6.07, 6.45) is 1.76. The summed E-state index contributed by atoms with van der Waals surface area (Å²) in [5.74, 6) is 3.37. The summed E-state index contributed by atoms with van der Waals surface area (Å²) in [5.41, 5.74) is 1.17. The molecule has 1 aliphatic rings. The molecule has 0 saturated carbocycles. The Balaban J connectivity index is 1.62. The normalized spacial score (nSPS) is 14.2. The third kappa shape index (κ3) is 4.41. The van der Waals surface area contributed by atoms with Crippen molar-refractivity contribution in [2.45, 2.75) is 13.3 Å². The lowest BCUT2D eigenvalue weighted by Gasteiger charge is -2.33. The molecule has 1 N–H and O–H groups in total. The summed E-state index contributed by atoms with van der Waals surface area (Å²) in [4.78, 5) is 23.9. The highest BCUT2D eigenvalue weighted by atomic mass is 16.5. The van der Waals surface area contributed by atoms with Crippen molar-refractivity contribution in [3.05, 3.63) is 41.7 Å². The minimum Gasteiger partial charge on any atom is -0.496 e. The summed E-state index contributed by atoms with van der Waals surface area (Å²) in [5, 5.41) is 3.38. The molecule has 0 radical (unpaired) electrons. The molecule has 0 aliphatic carbocycles. The van der Waals surface area contributed by atoms with Crippen LogP contribution in [0.4, 0.5) is 11.6 Å². The molecule has 7 heteroatoms. The maximum Gasteiger partial charge on any atom is 0.209 e. The number of para-hydroxylation sites is 1. The van der Waals surface area contributed by atoms with Crippen LogP contribution in [0.2, 0.25) is 0 Å². The van der Waals surface area contributed by atoms with Crippen LogP contribution in [0, 0.1) is 6.92 Å². The number of benzene rings is 1. The Hall–Kier alpha value is -2.83. The van der Waals surface area contributed by atoms with Crippen molar-refractivity contribution in [1.29, 1.82) is 0 Å². The van der Waals surface area contributed by atoms with E-state index in [9.17, 15) is 4.79 Å². The first-order chi connectivity index (χ1) is 12.7. The molecule has 7 nitrogen and oxygen atoms in total. The Morgan fingerprint density at radius 3 is 2.69 bits per heavy atom. The van der Waals surface area contributed by atoms with Gasteiger partial charge in [-0.3, -0.25) is 4.79 Å². The lowest BCUT2D eigenvalue weighted by atomic mass is 10.1. The van der Waals surface area contributed by atoms with Crippen molar-refractivity contribution in [3.63, 3.8) is 0 Å². The van der Waals surface area contributed by atoms with Gasteiger partial charge in [-0.05, 0) is 25.0 Å². The number of aryl methyl sites for hydroxylation is 1. The zero-order valence-corrected chi connectivity index (χ0v) is 15.3. The maximum atomic E-state index is 10.9. The molecule has 0 spiro atoms. The second-order valence-corrected chi connectivity index (χ2v) is 6.28. The molecule has 1 amide bonds. The summed E-state index contributed by atoms with van der Waals surface area (Å²) in [7, 11) is 1.69. The van der Waals surface area contributed by atoms with Crippen molar-refractivity contribution in [2.24, 2.45) is 0 Å². The molecule has 0 atom stereocenters. The van der Waals surface area contributed by atoms with E-state index in [-0.39, 0.29) is 0 Å². The first kappa shape index (κ1) is 18.0. The molecule has 3 rings (SSSR count). The monoisotopic (exact) mass is 355 g/mol. The number of carbonyl (C=O) groups is 1. The minimum atomic E-state index is 0.725. The molecule has 138 valence electrons. The number of nitrogens with zero attached hydrogens (tertiary/aromatic N) is 4. The smallest absolute Gasteiger partial charge is 0.209 e. The van der Waals surface area contributed by atoms with E-state index >= 15 is 0 Å². The minimum absolute atomic E-state index is 0.725. The molecule has 1 fully saturated rings. The van der Waals surface area contributed by atoms with Crippen LogP contribution in [0.3, 0.4) is 0 Å². The Labute approximate surface area is 154 Å². The van der Waals surface area contributed by atoms with Gasteiger partial charge in [0.1, 0.15) is 23.2 Å². The molecule has 26 heavy (non-hydrogen) atoms. The van der Waals surface area contributed by atoms with Crippen LogP contribution >= 0.6 is 0 Å². The molecule has 0 unspecified atom stereocenters. The quantitative estimate of drug-likeness (QED) is 0.763. The fourth-order valence-electron chi connectivity index (χ4n) is 3.10. The van der Waals surface area contributed by atoms with Gasteiger partial charge in [0.2, 0.25) is 6.41 Å². The summed E-state index contributed by atoms with van der Waals surface area (Å²) >= 11 is 0. The van der Waals surface area contributed by atoms with Crippen molar-refractivity contribution in [1.82, 2.24) is 14.9 Å². The SMILES string of the molecule is COc1ccccc1CCNc1cc(N2CCN(C=O)CC2)nc(C)n1. The zero-order chi connectivity index (χ0) is 18.4. The first-order valence-corrected chi connectivity index (χ1v) is 8.85. The number of piperazine rings is 1. The van der Waals surface area contributed by atoms with Gasteiger partial charge in [-0.2, -0.15) is 0 Å². The zero-order valence-electron chi connectivity index (χ0n) is 15.3. The van der Waals surface area contributed by atoms with Crippen LogP contribution in [0.5, 0.6) is 5.75 Å². The topological polar surface area (TPSA) is 70.6 Å². The average molecular weight is 355 g/mol. The summed E-state index contributed by atoms with van der Waals surface area (Å²) in [6, 6.07) is 10.0. The second-order valence-electron chi connectivity index (χ2n) is 6.28. The highest BCUT2D eigenvalue weighted by Crippen LogP contribution is 2.19. The number of rotatable bonds is 7. The molecule has 2 heterocycles. The maximum absolute atomic E-state index is 10.9. The number of amides is 1. The largest absolute Gasteiger partial charge is 0.496 e. The Morgan fingerprint density at radius 1 is 1.19 bits per heavy atom. The van der Waals surface area contributed by atoms with Crippen LogP contribution < -0.4 is 15.0 Å². The highest BCUT2D eigenvalue weighted by Gasteiger charge is 2.17. The van der Waals surface area contributed by atoms with E-state index in [2.05, 4.69) is 26.3 Å². The van der Waals surface area contributed by atoms with E-state index in [0.717, 1.165) is 68.8 Å². The van der Waals surface area contributed by atoms with E-state index in [1.54, 1.807) is 12.0 Å². The van der Waals surface area contributed by atoms with Gasteiger partial charge < -0.3 is 19.9 Å². The van der Waals surface area contributed by atoms with E-state index in [1.165, 1.54) is 5.56 Å². The van der Waals surface area contributed by atoms with Gasteiger partial charge in [-0.1, -0.05) is 18.2 Å². The van der Waals surface area contributed by atoms with Gasteiger partial charge >= 0.3 is 0 Å². The second kappa shape index (κ2) is 8.51. The number of carbonyl (C=O) groups excluding carboxylic acids is 1. The van der Waals surface area contributed by atoms with Gasteiger partial charge in [0.25, 0.3) is 0 Å². The molecule has 1 aromatic carbocycles. The Morgan fingerprint density at radius 2 is 1.96 bits per heavy atom. The lowest BCUT2D eigenvalue weighted by Crippen LogP contribution is -2.46. The number of anilines is 2. The molecule has 2 aromatic rings. The van der Waals surface area contributed by atoms with Crippen LogP contribution in [-0.2, 0) is 11.2 Å². The standard InChI is InChI=1S/C19H25N5O2/c1-15-21-18(20-8-7-16-5-3-4-6-17(16)26-2)13-19(22-15)24-11-9-23(14-25)10-12-24/h3-6,13-14H,7-12H2,1-2H3,(H,20,21,22). The molecule has 1 saturated heterocycles. The van der Waals surface area contributed by atoms with Crippen molar-refractivity contribution in [3.8, 4) is 5.75 Å². The van der Waals surface area contributed by atoms with Crippen LogP contribution in [0.15, 0.2) is 30.3 Å². The number of ether oxygens (including phenoxy) is 1. The van der Waals surface area contributed by atoms with Crippen LogP contribution in [0.25, 0.3) is 0 Å². The van der Waals surface area contributed by atoms with E-state index < -0.39 is 0 Å². The summed E-state index contributed by atoms with van der Waals surface area (Å²) < 4.78 is 5.39. The van der Waals surface area contributed by atoms with E-state index in [4.69, 9.17) is 4.74 Å². The predicted molar refractivity (Wildman–Crippen MR) is 102 cm³/mol. The number of hydrogen-bond donors (Lipinski definition) is 1. The number of nitrogens with one attached hydrogen (secondary N) is 1. The predicted octanol–water partition coefficient (Wildman–Crippen LogP) is 1.73. The van der Waals surface area contributed by atoms with Crippen LogP contribution in [0.1, 0.15) is 11.4 Å². The van der Waals surface area contributed by atoms with E-state index in [0.29, 0.717) is 0 Å². The average Bonchev–Trinajstić information content (AvgIpc) is 2.68.